The van der Waals surface area contributed by atoms with Crippen LogP contribution >= 0.6 is 0 Å². The second-order valence-corrected chi connectivity index (χ2v) is 15.4. The summed E-state index contributed by atoms with van der Waals surface area (Å²) in [7, 11) is 0. The quantitative estimate of drug-likeness (QED) is 0.337. The Morgan fingerprint density at radius 2 is 1.02 bits per heavy atom. The van der Waals surface area contributed by atoms with Crippen molar-refractivity contribution in [3.8, 4) is 11.5 Å². The Kier molecular flexibility index (Phi) is 11.2. The molecule has 252 valence electrons. The SMILES string of the molecule is CC(C)(C)c1cc(/C=N/C2CCCC[C@H]2/N=C/c2cc(C(C)(C)C)cc(CN3CCOCC3)c2O)c(O)c(CN2CCOCC2)c1. The minimum Gasteiger partial charge on any atom is -0.507 e. The number of aliphatic imine (C=N–C) groups is 2. The summed E-state index contributed by atoms with van der Waals surface area (Å²) in [5.41, 5.74) is 5.69. The van der Waals surface area contributed by atoms with Crippen molar-refractivity contribution in [2.24, 2.45) is 9.98 Å². The molecule has 2 aliphatic heterocycles. The molecule has 5 rings (SSSR count). The number of rotatable bonds is 8. The lowest BCUT2D eigenvalue weighted by atomic mass is 9.84. The fraction of sp³-hybridized carbons (Fsp3) is 0.632. The summed E-state index contributed by atoms with van der Waals surface area (Å²) in [5, 5.41) is 22.8. The summed E-state index contributed by atoms with van der Waals surface area (Å²) in [6.07, 6.45) is 7.88. The Bertz CT molecular complexity index is 1270. The minimum atomic E-state index is -0.0576. The lowest BCUT2D eigenvalue weighted by Gasteiger charge is -2.29. The molecule has 2 aromatic carbocycles. The summed E-state index contributed by atoms with van der Waals surface area (Å²) < 4.78 is 11.1. The van der Waals surface area contributed by atoms with Crippen LogP contribution in [-0.2, 0) is 33.4 Å². The highest BCUT2D eigenvalue weighted by Gasteiger charge is 2.26. The van der Waals surface area contributed by atoms with Gasteiger partial charge in [-0.25, -0.2) is 0 Å². The average molecular weight is 633 g/mol. The van der Waals surface area contributed by atoms with Crippen LogP contribution in [0.25, 0.3) is 0 Å². The molecule has 0 radical (unpaired) electrons. The molecular weight excluding hydrogens is 576 g/mol. The highest BCUT2D eigenvalue weighted by atomic mass is 16.5. The summed E-state index contributed by atoms with van der Waals surface area (Å²) in [6.45, 7) is 21.0. The number of aromatic hydroxyl groups is 2. The first-order valence-electron chi connectivity index (χ1n) is 17.3. The Balaban J connectivity index is 1.39. The summed E-state index contributed by atoms with van der Waals surface area (Å²) >= 11 is 0. The zero-order valence-electron chi connectivity index (χ0n) is 29.0. The van der Waals surface area contributed by atoms with Crippen LogP contribution < -0.4 is 0 Å². The van der Waals surface area contributed by atoms with Gasteiger partial charge in [-0.1, -0.05) is 66.5 Å². The van der Waals surface area contributed by atoms with Crippen molar-refractivity contribution in [1.29, 1.82) is 0 Å². The molecule has 0 aromatic heterocycles. The molecule has 2 saturated heterocycles. The molecule has 2 heterocycles. The van der Waals surface area contributed by atoms with Crippen molar-refractivity contribution in [1.82, 2.24) is 9.80 Å². The lowest BCUT2D eigenvalue weighted by molar-refractivity contribution is 0.0338. The first kappa shape index (κ1) is 34.6. The molecule has 1 saturated carbocycles. The van der Waals surface area contributed by atoms with E-state index < -0.39 is 0 Å². The van der Waals surface area contributed by atoms with Crippen LogP contribution in [0.5, 0.6) is 11.5 Å². The maximum Gasteiger partial charge on any atom is 0.128 e. The van der Waals surface area contributed by atoms with Gasteiger partial charge in [0.2, 0.25) is 0 Å². The van der Waals surface area contributed by atoms with Gasteiger partial charge in [0.1, 0.15) is 11.5 Å². The fourth-order valence-corrected chi connectivity index (χ4v) is 6.53. The molecule has 1 aliphatic carbocycles. The van der Waals surface area contributed by atoms with Crippen molar-refractivity contribution < 1.29 is 19.7 Å². The van der Waals surface area contributed by atoms with E-state index in [1.165, 1.54) is 11.1 Å². The Morgan fingerprint density at radius 3 is 1.37 bits per heavy atom. The van der Waals surface area contributed by atoms with E-state index in [0.717, 1.165) is 101 Å². The van der Waals surface area contributed by atoms with Gasteiger partial charge >= 0.3 is 0 Å². The van der Waals surface area contributed by atoms with Crippen LogP contribution in [0.2, 0.25) is 0 Å². The number of phenolic OH excluding ortho intramolecular Hbond substituents is 2. The lowest BCUT2D eigenvalue weighted by Crippen LogP contribution is -2.35. The molecule has 2 atom stereocenters. The van der Waals surface area contributed by atoms with Crippen molar-refractivity contribution in [3.05, 3.63) is 57.6 Å². The van der Waals surface area contributed by atoms with Crippen molar-refractivity contribution in [3.63, 3.8) is 0 Å². The standard InChI is InChI=1S/C38H56N4O4/c1-37(2,3)31-19-27(35(43)29(21-31)25-41-11-15-45-16-12-41)23-39-33-9-7-8-10-34(33)40-24-28-20-32(38(4,5)6)22-30(36(28)44)26-42-13-17-46-18-14-42/h19-24,33-34,43-44H,7-18,25-26H2,1-6H3/b39-23+,40-24+/t33-,34?/m1/s1. The number of phenols is 2. The Hall–Kier alpha value is -2.78. The molecule has 46 heavy (non-hydrogen) atoms. The van der Waals surface area contributed by atoms with Crippen LogP contribution in [0.1, 0.15) is 101 Å². The molecule has 0 bridgehead atoms. The third-order valence-electron chi connectivity index (χ3n) is 9.67. The van der Waals surface area contributed by atoms with Crippen molar-refractivity contribution in [2.75, 3.05) is 52.6 Å². The predicted molar refractivity (Wildman–Crippen MR) is 187 cm³/mol. The average Bonchev–Trinajstić information content (AvgIpc) is 3.02. The van der Waals surface area contributed by atoms with Crippen molar-refractivity contribution >= 4 is 12.4 Å². The number of hydrogen-bond acceptors (Lipinski definition) is 8. The highest BCUT2D eigenvalue weighted by molar-refractivity contribution is 5.86. The van der Waals surface area contributed by atoms with Crippen LogP contribution in [0.4, 0.5) is 0 Å². The Labute approximate surface area is 276 Å². The second-order valence-electron chi connectivity index (χ2n) is 15.4. The summed E-state index contributed by atoms with van der Waals surface area (Å²) in [5.74, 6) is 0.631. The zero-order valence-corrected chi connectivity index (χ0v) is 29.0. The minimum absolute atomic E-state index is 0.0196. The molecule has 8 heteroatoms. The van der Waals surface area contributed by atoms with Crippen LogP contribution in [-0.4, -0.2) is 97.1 Å². The van der Waals surface area contributed by atoms with E-state index >= 15 is 0 Å². The predicted octanol–water partition coefficient (Wildman–Crippen LogP) is 6.21. The van der Waals surface area contributed by atoms with Gasteiger partial charge in [0.15, 0.2) is 0 Å². The third-order valence-corrected chi connectivity index (χ3v) is 9.67. The zero-order chi connectivity index (χ0) is 32.9. The van der Waals surface area contributed by atoms with Gasteiger partial charge in [-0.2, -0.15) is 0 Å². The van der Waals surface area contributed by atoms with Crippen LogP contribution in [0, 0.1) is 0 Å². The summed E-state index contributed by atoms with van der Waals surface area (Å²) in [6, 6.07) is 8.53. The van der Waals surface area contributed by atoms with E-state index in [1.54, 1.807) is 0 Å². The van der Waals surface area contributed by atoms with Crippen molar-refractivity contribution in [2.45, 2.75) is 103 Å². The van der Waals surface area contributed by atoms with Gasteiger partial charge in [-0.3, -0.25) is 19.8 Å². The molecule has 3 fully saturated rings. The first-order valence-corrected chi connectivity index (χ1v) is 17.3. The van der Waals surface area contributed by atoms with E-state index in [1.807, 2.05) is 12.4 Å². The molecule has 2 N–H and O–H groups in total. The van der Waals surface area contributed by atoms with E-state index in [0.29, 0.717) is 24.6 Å². The second kappa shape index (κ2) is 15.0. The Morgan fingerprint density at radius 1 is 0.652 bits per heavy atom. The molecule has 3 aliphatic rings. The van der Waals surface area contributed by atoms with E-state index in [2.05, 4.69) is 75.6 Å². The van der Waals surface area contributed by atoms with Gasteiger partial charge in [0.05, 0.1) is 38.5 Å². The first-order chi connectivity index (χ1) is 21.9. The van der Waals surface area contributed by atoms with Gasteiger partial charge in [-0.15, -0.1) is 0 Å². The molecule has 1 unspecified atom stereocenters. The maximum atomic E-state index is 11.4. The maximum absolute atomic E-state index is 11.4. The van der Waals surface area contributed by atoms with Gasteiger partial charge < -0.3 is 19.7 Å². The number of nitrogens with zero attached hydrogens (tertiary/aromatic N) is 4. The number of morpholine rings is 2. The van der Waals surface area contributed by atoms with Crippen LogP contribution in [0.15, 0.2) is 34.3 Å². The molecular formula is C38H56N4O4. The number of hydrogen-bond donors (Lipinski definition) is 2. The van der Waals surface area contributed by atoms with Gasteiger partial charge in [0.25, 0.3) is 0 Å². The normalized spacial score (nSPS) is 22.7. The smallest absolute Gasteiger partial charge is 0.128 e. The molecule has 8 nitrogen and oxygen atoms in total. The fourth-order valence-electron chi connectivity index (χ4n) is 6.53. The molecule has 2 aromatic rings. The molecule has 0 amide bonds. The van der Waals surface area contributed by atoms with E-state index in [9.17, 15) is 10.2 Å². The topological polar surface area (TPSA) is 90.1 Å². The third kappa shape index (κ3) is 8.97. The molecule has 0 spiro atoms. The van der Waals surface area contributed by atoms with Gasteiger partial charge in [-0.05, 0) is 46.9 Å². The number of benzene rings is 2. The highest BCUT2D eigenvalue weighted by Crippen LogP contribution is 2.34. The number of ether oxygens (including phenoxy) is 2. The van der Waals surface area contributed by atoms with Gasteiger partial charge in [0, 0.05) is 74.0 Å². The van der Waals surface area contributed by atoms with Crippen LogP contribution in [0.3, 0.4) is 0 Å². The van der Waals surface area contributed by atoms with E-state index in [4.69, 9.17) is 19.5 Å². The van der Waals surface area contributed by atoms with E-state index in [-0.39, 0.29) is 22.9 Å². The monoisotopic (exact) mass is 632 g/mol. The summed E-state index contributed by atoms with van der Waals surface area (Å²) in [4.78, 5) is 14.8. The largest absolute Gasteiger partial charge is 0.507 e.